The fourth-order valence-electron chi connectivity index (χ4n) is 2.80. The largest absolute Gasteiger partial charge is 0.380 e. The van der Waals surface area contributed by atoms with Gasteiger partial charge in [0.2, 0.25) is 5.91 Å². The first kappa shape index (κ1) is 16.4. The molecule has 0 saturated heterocycles. The summed E-state index contributed by atoms with van der Waals surface area (Å²) < 4.78 is 5.14. The van der Waals surface area contributed by atoms with Crippen molar-refractivity contribution in [2.24, 2.45) is 5.73 Å². The Morgan fingerprint density at radius 2 is 2.00 bits per heavy atom. The highest BCUT2D eigenvalue weighted by molar-refractivity contribution is 5.76. The SMILES string of the molecule is COC(CN)CC(=O)NCC1(N(C)C)CCCCC1. The summed E-state index contributed by atoms with van der Waals surface area (Å²) in [7, 11) is 5.80. The second-order valence-electron chi connectivity index (χ2n) is 5.75. The monoisotopic (exact) mass is 271 g/mol. The van der Waals surface area contributed by atoms with Crippen molar-refractivity contribution in [1.29, 1.82) is 0 Å². The second kappa shape index (κ2) is 7.82. The van der Waals surface area contributed by atoms with Crippen molar-refractivity contribution in [2.45, 2.75) is 50.2 Å². The van der Waals surface area contributed by atoms with Crippen LogP contribution in [0.5, 0.6) is 0 Å². The Morgan fingerprint density at radius 3 is 2.47 bits per heavy atom. The summed E-state index contributed by atoms with van der Waals surface area (Å²) in [6, 6.07) is 0. The number of amides is 1. The summed E-state index contributed by atoms with van der Waals surface area (Å²) in [6.45, 7) is 1.10. The van der Waals surface area contributed by atoms with Gasteiger partial charge in [-0.1, -0.05) is 19.3 Å². The van der Waals surface area contributed by atoms with Gasteiger partial charge in [-0.15, -0.1) is 0 Å². The Bertz CT molecular complexity index is 272. The number of carbonyl (C=O) groups is 1. The van der Waals surface area contributed by atoms with Gasteiger partial charge in [0.05, 0.1) is 12.5 Å². The number of likely N-dealkylation sites (N-methyl/N-ethyl adjacent to an activating group) is 1. The molecule has 112 valence electrons. The van der Waals surface area contributed by atoms with Crippen LogP contribution in [-0.2, 0) is 9.53 Å². The molecule has 1 atom stereocenters. The van der Waals surface area contributed by atoms with E-state index >= 15 is 0 Å². The van der Waals surface area contributed by atoms with E-state index in [-0.39, 0.29) is 17.6 Å². The second-order valence-corrected chi connectivity index (χ2v) is 5.75. The van der Waals surface area contributed by atoms with Gasteiger partial charge >= 0.3 is 0 Å². The highest BCUT2D eigenvalue weighted by Gasteiger charge is 2.34. The molecule has 0 aromatic carbocycles. The third-order valence-electron chi connectivity index (χ3n) is 4.36. The standard InChI is InChI=1S/C14H29N3O2/c1-17(2)14(7-5-4-6-8-14)11-16-13(18)9-12(10-15)19-3/h12H,4-11,15H2,1-3H3,(H,16,18). The van der Waals surface area contributed by atoms with Crippen molar-refractivity contribution in [1.82, 2.24) is 10.2 Å². The molecule has 0 aromatic rings. The average molecular weight is 271 g/mol. The van der Waals surface area contributed by atoms with Crippen LogP contribution in [0.25, 0.3) is 0 Å². The molecule has 0 aliphatic heterocycles. The molecule has 1 aliphatic carbocycles. The molecule has 1 saturated carbocycles. The van der Waals surface area contributed by atoms with E-state index in [2.05, 4.69) is 24.3 Å². The maximum Gasteiger partial charge on any atom is 0.222 e. The predicted molar refractivity (Wildman–Crippen MR) is 77.0 cm³/mol. The maximum atomic E-state index is 11.9. The van der Waals surface area contributed by atoms with Crippen molar-refractivity contribution in [3.63, 3.8) is 0 Å². The smallest absolute Gasteiger partial charge is 0.222 e. The number of rotatable bonds is 7. The molecular formula is C14H29N3O2. The molecule has 5 heteroatoms. The van der Waals surface area contributed by atoms with Gasteiger partial charge < -0.3 is 20.7 Å². The lowest BCUT2D eigenvalue weighted by Gasteiger charge is -2.43. The zero-order valence-corrected chi connectivity index (χ0v) is 12.6. The summed E-state index contributed by atoms with van der Waals surface area (Å²) in [5.41, 5.74) is 5.66. The maximum absolute atomic E-state index is 11.9. The molecule has 0 spiro atoms. The molecule has 0 bridgehead atoms. The Labute approximate surface area is 116 Å². The Hall–Kier alpha value is -0.650. The van der Waals surface area contributed by atoms with Crippen molar-refractivity contribution >= 4 is 5.91 Å². The topological polar surface area (TPSA) is 67.6 Å². The van der Waals surface area contributed by atoms with Gasteiger partial charge in [-0.2, -0.15) is 0 Å². The van der Waals surface area contributed by atoms with E-state index in [1.54, 1.807) is 7.11 Å². The van der Waals surface area contributed by atoms with Crippen molar-refractivity contribution in [3.05, 3.63) is 0 Å². The fourth-order valence-corrected chi connectivity index (χ4v) is 2.80. The molecule has 1 rings (SSSR count). The number of ether oxygens (including phenoxy) is 1. The average Bonchev–Trinajstić information content (AvgIpc) is 2.43. The number of nitrogens with zero attached hydrogens (tertiary/aromatic N) is 1. The number of hydrogen-bond acceptors (Lipinski definition) is 4. The minimum absolute atomic E-state index is 0.0316. The number of methoxy groups -OCH3 is 1. The Morgan fingerprint density at radius 1 is 1.37 bits per heavy atom. The van der Waals surface area contributed by atoms with Gasteiger partial charge in [0.1, 0.15) is 0 Å². The molecule has 0 aromatic heterocycles. The van der Waals surface area contributed by atoms with E-state index in [0.717, 1.165) is 19.4 Å². The Kier molecular flexibility index (Phi) is 6.75. The number of nitrogens with two attached hydrogens (primary N) is 1. The van der Waals surface area contributed by atoms with E-state index in [1.807, 2.05) is 0 Å². The summed E-state index contributed by atoms with van der Waals surface area (Å²) in [6.07, 6.45) is 6.28. The van der Waals surface area contributed by atoms with Crippen LogP contribution in [0.3, 0.4) is 0 Å². The van der Waals surface area contributed by atoms with Crippen LogP contribution in [0, 0.1) is 0 Å². The van der Waals surface area contributed by atoms with E-state index < -0.39 is 0 Å². The summed E-state index contributed by atoms with van der Waals surface area (Å²) >= 11 is 0. The predicted octanol–water partition coefficient (Wildman–Crippen LogP) is 0.731. The lowest BCUT2D eigenvalue weighted by molar-refractivity contribution is -0.124. The minimum atomic E-state index is -0.179. The zero-order valence-electron chi connectivity index (χ0n) is 12.6. The molecule has 1 amide bonds. The lowest BCUT2D eigenvalue weighted by Crippen LogP contribution is -2.54. The summed E-state index contributed by atoms with van der Waals surface area (Å²) in [4.78, 5) is 14.2. The molecule has 3 N–H and O–H groups in total. The van der Waals surface area contributed by atoms with Crippen LogP contribution in [-0.4, -0.2) is 56.7 Å². The first-order valence-electron chi connectivity index (χ1n) is 7.21. The number of hydrogen-bond donors (Lipinski definition) is 2. The van der Waals surface area contributed by atoms with Gasteiger partial charge in [-0.05, 0) is 26.9 Å². The number of carbonyl (C=O) groups excluding carboxylic acids is 1. The van der Waals surface area contributed by atoms with Crippen LogP contribution < -0.4 is 11.1 Å². The molecule has 19 heavy (non-hydrogen) atoms. The van der Waals surface area contributed by atoms with Gasteiger partial charge in [0.15, 0.2) is 0 Å². The first-order chi connectivity index (χ1) is 9.04. The molecule has 1 fully saturated rings. The fraction of sp³-hybridized carbons (Fsp3) is 0.929. The molecule has 5 nitrogen and oxygen atoms in total. The quantitative estimate of drug-likeness (QED) is 0.716. The number of nitrogens with one attached hydrogen (secondary N) is 1. The third kappa shape index (κ3) is 4.75. The van der Waals surface area contributed by atoms with Gasteiger partial charge in [-0.25, -0.2) is 0 Å². The van der Waals surface area contributed by atoms with E-state index in [4.69, 9.17) is 10.5 Å². The molecule has 1 aliphatic rings. The third-order valence-corrected chi connectivity index (χ3v) is 4.36. The van der Waals surface area contributed by atoms with E-state index in [9.17, 15) is 4.79 Å². The van der Waals surface area contributed by atoms with Crippen molar-refractivity contribution in [3.8, 4) is 0 Å². The van der Waals surface area contributed by atoms with E-state index in [0.29, 0.717) is 13.0 Å². The highest BCUT2D eigenvalue weighted by atomic mass is 16.5. The first-order valence-corrected chi connectivity index (χ1v) is 7.21. The van der Waals surface area contributed by atoms with Crippen LogP contribution >= 0.6 is 0 Å². The van der Waals surface area contributed by atoms with Gasteiger partial charge in [0, 0.05) is 25.7 Å². The zero-order chi connectivity index (χ0) is 14.3. The van der Waals surface area contributed by atoms with Crippen LogP contribution in [0.1, 0.15) is 38.5 Å². The Balaban J connectivity index is 2.45. The van der Waals surface area contributed by atoms with E-state index in [1.165, 1.54) is 19.3 Å². The summed E-state index contributed by atoms with van der Waals surface area (Å²) in [5, 5.41) is 3.06. The summed E-state index contributed by atoms with van der Waals surface area (Å²) in [5.74, 6) is 0.0316. The van der Waals surface area contributed by atoms with Crippen molar-refractivity contribution in [2.75, 3.05) is 34.3 Å². The molecule has 0 heterocycles. The van der Waals surface area contributed by atoms with Crippen LogP contribution in [0.15, 0.2) is 0 Å². The van der Waals surface area contributed by atoms with Crippen LogP contribution in [0.2, 0.25) is 0 Å². The molecule has 0 radical (unpaired) electrons. The molecular weight excluding hydrogens is 242 g/mol. The highest BCUT2D eigenvalue weighted by Crippen LogP contribution is 2.31. The van der Waals surface area contributed by atoms with Gasteiger partial charge in [0.25, 0.3) is 0 Å². The lowest BCUT2D eigenvalue weighted by atomic mass is 9.80. The molecule has 1 unspecified atom stereocenters. The minimum Gasteiger partial charge on any atom is -0.380 e. The van der Waals surface area contributed by atoms with Crippen LogP contribution in [0.4, 0.5) is 0 Å². The van der Waals surface area contributed by atoms with Crippen molar-refractivity contribution < 1.29 is 9.53 Å². The normalized spacial score (nSPS) is 20.3. The van der Waals surface area contributed by atoms with Gasteiger partial charge in [-0.3, -0.25) is 4.79 Å².